The van der Waals surface area contributed by atoms with Gasteiger partial charge in [-0.2, -0.15) is 0 Å². The molecule has 0 unspecified atom stereocenters. The molecule has 0 spiro atoms. The van der Waals surface area contributed by atoms with Gasteiger partial charge < -0.3 is 10.1 Å². The molecule has 4 heteroatoms. The SMILES string of the molecule is O=C(O)c1ccc(Cc2ccccc2-c2ccc3ccccc3c2)[nH]c1=O. The molecule has 0 bridgehead atoms. The van der Waals surface area contributed by atoms with E-state index in [2.05, 4.69) is 41.4 Å². The molecule has 0 atom stereocenters. The monoisotopic (exact) mass is 355 g/mol. The van der Waals surface area contributed by atoms with Crippen LogP contribution >= 0.6 is 0 Å². The van der Waals surface area contributed by atoms with Crippen molar-refractivity contribution in [3.8, 4) is 11.1 Å². The molecule has 0 aliphatic carbocycles. The van der Waals surface area contributed by atoms with Gasteiger partial charge in [0.25, 0.3) is 5.56 Å². The molecule has 0 saturated carbocycles. The third kappa shape index (κ3) is 3.37. The molecule has 0 aliphatic heterocycles. The highest BCUT2D eigenvalue weighted by molar-refractivity contribution is 5.88. The van der Waals surface area contributed by atoms with E-state index in [9.17, 15) is 9.59 Å². The number of aromatic carboxylic acids is 1. The maximum atomic E-state index is 11.9. The number of aromatic amines is 1. The summed E-state index contributed by atoms with van der Waals surface area (Å²) >= 11 is 0. The van der Waals surface area contributed by atoms with Crippen molar-refractivity contribution < 1.29 is 9.90 Å². The van der Waals surface area contributed by atoms with E-state index in [0.717, 1.165) is 16.7 Å². The predicted molar refractivity (Wildman–Crippen MR) is 106 cm³/mol. The Morgan fingerprint density at radius 2 is 1.59 bits per heavy atom. The summed E-state index contributed by atoms with van der Waals surface area (Å²) < 4.78 is 0. The minimum Gasteiger partial charge on any atom is -0.477 e. The number of benzene rings is 3. The predicted octanol–water partition coefficient (Wildman–Crippen LogP) is 4.48. The lowest BCUT2D eigenvalue weighted by atomic mass is 9.95. The first kappa shape index (κ1) is 16.8. The minimum atomic E-state index is -1.22. The third-order valence-electron chi connectivity index (χ3n) is 4.66. The Morgan fingerprint density at radius 3 is 2.37 bits per heavy atom. The Kier molecular flexibility index (Phi) is 4.30. The molecule has 0 amide bonds. The zero-order chi connectivity index (χ0) is 18.8. The van der Waals surface area contributed by atoms with Gasteiger partial charge in [-0.15, -0.1) is 0 Å². The fourth-order valence-electron chi connectivity index (χ4n) is 3.30. The number of H-pyrrole nitrogens is 1. The molecule has 4 nitrogen and oxygen atoms in total. The van der Waals surface area contributed by atoms with Gasteiger partial charge in [-0.05, 0) is 45.7 Å². The quantitative estimate of drug-likeness (QED) is 0.567. The molecule has 1 heterocycles. The number of aromatic nitrogens is 1. The molecule has 0 aliphatic rings. The van der Waals surface area contributed by atoms with E-state index in [4.69, 9.17) is 5.11 Å². The number of rotatable bonds is 4. The topological polar surface area (TPSA) is 70.2 Å². The van der Waals surface area contributed by atoms with Crippen molar-refractivity contribution in [3.63, 3.8) is 0 Å². The number of hydrogen-bond acceptors (Lipinski definition) is 2. The normalized spacial score (nSPS) is 10.8. The highest BCUT2D eigenvalue weighted by Crippen LogP contribution is 2.28. The Balaban J connectivity index is 1.74. The van der Waals surface area contributed by atoms with E-state index in [0.29, 0.717) is 12.1 Å². The van der Waals surface area contributed by atoms with Gasteiger partial charge in [-0.25, -0.2) is 4.79 Å². The minimum absolute atomic E-state index is 0.249. The van der Waals surface area contributed by atoms with Crippen molar-refractivity contribution >= 4 is 16.7 Å². The van der Waals surface area contributed by atoms with Crippen molar-refractivity contribution in [2.75, 3.05) is 0 Å². The van der Waals surface area contributed by atoms with Crippen LogP contribution in [0.4, 0.5) is 0 Å². The standard InChI is InChI=1S/C23H17NO3/c25-22-21(23(26)27)12-11-19(24-22)14-17-7-3-4-8-20(17)18-10-9-15-5-1-2-6-16(15)13-18/h1-13H,14H2,(H,24,25)(H,26,27). The number of hydrogen-bond donors (Lipinski definition) is 2. The fraction of sp³-hybridized carbons (Fsp3) is 0.0435. The Morgan fingerprint density at radius 1 is 0.852 bits per heavy atom. The summed E-state index contributed by atoms with van der Waals surface area (Å²) in [6.07, 6.45) is 0.512. The lowest BCUT2D eigenvalue weighted by molar-refractivity contribution is 0.0695. The molecular formula is C23H17NO3. The molecule has 1 aromatic heterocycles. The van der Waals surface area contributed by atoms with E-state index in [1.807, 2.05) is 30.3 Å². The summed E-state index contributed by atoms with van der Waals surface area (Å²) in [5.74, 6) is -1.22. The number of pyridine rings is 1. The summed E-state index contributed by atoms with van der Waals surface area (Å²) in [6.45, 7) is 0. The molecule has 0 saturated heterocycles. The Bertz CT molecular complexity index is 1210. The summed E-state index contributed by atoms with van der Waals surface area (Å²) in [4.78, 5) is 25.6. The maximum absolute atomic E-state index is 11.9. The van der Waals surface area contributed by atoms with Gasteiger partial charge in [0.1, 0.15) is 5.56 Å². The van der Waals surface area contributed by atoms with Crippen LogP contribution in [0.5, 0.6) is 0 Å². The van der Waals surface area contributed by atoms with E-state index in [1.165, 1.54) is 16.8 Å². The summed E-state index contributed by atoms with van der Waals surface area (Å²) in [5, 5.41) is 11.4. The lowest BCUT2D eigenvalue weighted by Crippen LogP contribution is -2.18. The first-order valence-electron chi connectivity index (χ1n) is 8.64. The maximum Gasteiger partial charge on any atom is 0.341 e. The molecule has 0 radical (unpaired) electrons. The van der Waals surface area contributed by atoms with Crippen LogP contribution in [0.15, 0.2) is 83.7 Å². The van der Waals surface area contributed by atoms with Crippen molar-refractivity contribution in [1.82, 2.24) is 4.98 Å². The lowest BCUT2D eigenvalue weighted by Gasteiger charge is -2.11. The fourth-order valence-corrected chi connectivity index (χ4v) is 3.30. The van der Waals surface area contributed by atoms with E-state index in [1.54, 1.807) is 6.07 Å². The molecular weight excluding hydrogens is 338 g/mol. The molecule has 132 valence electrons. The zero-order valence-electron chi connectivity index (χ0n) is 14.5. The van der Waals surface area contributed by atoms with Gasteiger partial charge in [0.15, 0.2) is 0 Å². The zero-order valence-corrected chi connectivity index (χ0v) is 14.5. The van der Waals surface area contributed by atoms with Crippen molar-refractivity contribution in [1.29, 1.82) is 0 Å². The van der Waals surface area contributed by atoms with Crippen molar-refractivity contribution in [2.24, 2.45) is 0 Å². The van der Waals surface area contributed by atoms with Crippen LogP contribution in [0.3, 0.4) is 0 Å². The second-order valence-electron chi connectivity index (χ2n) is 6.43. The molecule has 0 fully saturated rings. The highest BCUT2D eigenvalue weighted by atomic mass is 16.4. The number of fused-ring (bicyclic) bond motifs is 1. The summed E-state index contributed by atoms with van der Waals surface area (Å²) in [7, 11) is 0. The average molecular weight is 355 g/mol. The van der Waals surface area contributed by atoms with Gasteiger partial charge in [0.2, 0.25) is 0 Å². The second kappa shape index (κ2) is 6.92. The molecule has 4 rings (SSSR count). The van der Waals surface area contributed by atoms with Gasteiger partial charge >= 0.3 is 5.97 Å². The average Bonchev–Trinajstić information content (AvgIpc) is 2.68. The van der Waals surface area contributed by atoms with Crippen LogP contribution < -0.4 is 5.56 Å². The number of carboxylic acid groups (broad SMARTS) is 1. The van der Waals surface area contributed by atoms with Crippen LogP contribution in [-0.4, -0.2) is 16.1 Å². The largest absolute Gasteiger partial charge is 0.477 e. The van der Waals surface area contributed by atoms with Gasteiger partial charge in [0, 0.05) is 12.1 Å². The molecule has 4 aromatic rings. The number of carboxylic acids is 1. The summed E-state index contributed by atoms with van der Waals surface area (Å²) in [6, 6.07) is 25.6. The van der Waals surface area contributed by atoms with E-state index >= 15 is 0 Å². The molecule has 27 heavy (non-hydrogen) atoms. The first-order chi connectivity index (χ1) is 13.1. The van der Waals surface area contributed by atoms with Gasteiger partial charge in [-0.1, -0.05) is 60.7 Å². The van der Waals surface area contributed by atoms with Gasteiger partial charge in [-0.3, -0.25) is 4.79 Å². The number of carbonyl (C=O) groups is 1. The Labute approximate surface area is 155 Å². The summed E-state index contributed by atoms with van der Waals surface area (Å²) in [5.41, 5.74) is 3.11. The molecule has 2 N–H and O–H groups in total. The Hall–Kier alpha value is -3.66. The van der Waals surface area contributed by atoms with Crippen LogP contribution in [0.25, 0.3) is 21.9 Å². The smallest absolute Gasteiger partial charge is 0.341 e. The van der Waals surface area contributed by atoms with Crippen LogP contribution in [0.2, 0.25) is 0 Å². The van der Waals surface area contributed by atoms with E-state index < -0.39 is 11.5 Å². The first-order valence-corrected chi connectivity index (χ1v) is 8.64. The second-order valence-corrected chi connectivity index (χ2v) is 6.43. The molecule has 3 aromatic carbocycles. The number of nitrogens with one attached hydrogen (secondary N) is 1. The van der Waals surface area contributed by atoms with Crippen LogP contribution in [0.1, 0.15) is 21.6 Å². The van der Waals surface area contributed by atoms with E-state index in [-0.39, 0.29) is 5.56 Å². The van der Waals surface area contributed by atoms with Crippen molar-refractivity contribution in [2.45, 2.75) is 6.42 Å². The highest BCUT2D eigenvalue weighted by Gasteiger charge is 2.11. The van der Waals surface area contributed by atoms with Crippen molar-refractivity contribution in [3.05, 3.63) is 106 Å². The van der Waals surface area contributed by atoms with Crippen LogP contribution in [-0.2, 0) is 6.42 Å². The third-order valence-corrected chi connectivity index (χ3v) is 4.66. The van der Waals surface area contributed by atoms with Crippen LogP contribution in [0, 0.1) is 0 Å². The van der Waals surface area contributed by atoms with Gasteiger partial charge in [0.05, 0.1) is 0 Å².